The van der Waals surface area contributed by atoms with Gasteiger partial charge in [0.25, 0.3) is 0 Å². The summed E-state index contributed by atoms with van der Waals surface area (Å²) in [6.45, 7) is 3.51. The number of pyridine rings is 1. The van der Waals surface area contributed by atoms with Crippen molar-refractivity contribution in [3.8, 4) is 0 Å². The van der Waals surface area contributed by atoms with Gasteiger partial charge in [0.1, 0.15) is 17.3 Å². The Morgan fingerprint density at radius 1 is 1.26 bits per heavy atom. The fraction of sp³-hybridized carbons (Fsp3) is 0.231. The van der Waals surface area contributed by atoms with Crippen LogP contribution in [0.2, 0.25) is 0 Å². The van der Waals surface area contributed by atoms with Gasteiger partial charge in [0.2, 0.25) is 0 Å². The van der Waals surface area contributed by atoms with Crippen molar-refractivity contribution >= 4 is 11.7 Å². The quantitative estimate of drug-likeness (QED) is 0.619. The minimum atomic E-state index is -0.0770. The van der Waals surface area contributed by atoms with Crippen LogP contribution in [0.25, 0.3) is 0 Å². The Bertz CT molecular complexity index is 537. The summed E-state index contributed by atoms with van der Waals surface area (Å²) < 4.78 is 0. The van der Waals surface area contributed by atoms with Crippen molar-refractivity contribution in [1.82, 2.24) is 15.0 Å². The number of nitrogens with two attached hydrogens (primary N) is 1. The molecule has 0 aromatic carbocycles. The van der Waals surface area contributed by atoms with Gasteiger partial charge >= 0.3 is 0 Å². The van der Waals surface area contributed by atoms with Crippen LogP contribution < -0.4 is 10.6 Å². The molecule has 0 saturated heterocycles. The van der Waals surface area contributed by atoms with Gasteiger partial charge < -0.3 is 10.6 Å². The number of hydrogen-bond donors (Lipinski definition) is 2. The minimum absolute atomic E-state index is 0.0770. The van der Waals surface area contributed by atoms with Crippen molar-refractivity contribution in [2.75, 3.05) is 11.4 Å². The SMILES string of the molecule is CCN(Cc1ccccn1)c1cnc(C(=N)N)cn1. The first-order valence-corrected chi connectivity index (χ1v) is 6.02. The fourth-order valence-corrected chi connectivity index (χ4v) is 1.67. The van der Waals surface area contributed by atoms with Crippen LogP contribution in [0.3, 0.4) is 0 Å². The molecule has 0 unspecified atom stereocenters. The summed E-state index contributed by atoms with van der Waals surface area (Å²) in [5, 5.41) is 7.29. The zero-order valence-electron chi connectivity index (χ0n) is 10.7. The second-order valence-corrected chi connectivity index (χ2v) is 4.01. The van der Waals surface area contributed by atoms with E-state index in [0.29, 0.717) is 12.2 Å². The highest BCUT2D eigenvalue weighted by Crippen LogP contribution is 2.11. The number of nitrogens with zero attached hydrogens (tertiary/aromatic N) is 4. The Morgan fingerprint density at radius 2 is 2.11 bits per heavy atom. The first-order valence-electron chi connectivity index (χ1n) is 6.02. The summed E-state index contributed by atoms with van der Waals surface area (Å²) in [4.78, 5) is 14.7. The molecule has 0 amide bonds. The normalized spacial score (nSPS) is 10.2. The molecular formula is C13H16N6. The highest BCUT2D eigenvalue weighted by Gasteiger charge is 2.08. The molecule has 3 N–H and O–H groups in total. The number of rotatable bonds is 5. The number of nitrogen functional groups attached to an aromatic ring is 1. The molecule has 2 aromatic heterocycles. The van der Waals surface area contributed by atoms with Gasteiger partial charge in [-0.25, -0.2) is 9.97 Å². The lowest BCUT2D eigenvalue weighted by Gasteiger charge is -2.21. The second kappa shape index (κ2) is 5.90. The molecule has 0 aliphatic carbocycles. The third-order valence-electron chi connectivity index (χ3n) is 2.70. The molecule has 0 spiro atoms. The van der Waals surface area contributed by atoms with E-state index in [0.717, 1.165) is 18.1 Å². The highest BCUT2D eigenvalue weighted by atomic mass is 15.2. The number of anilines is 1. The van der Waals surface area contributed by atoms with Gasteiger partial charge in [0, 0.05) is 12.7 Å². The Balaban J connectivity index is 2.15. The minimum Gasteiger partial charge on any atom is -0.382 e. The summed E-state index contributed by atoms with van der Waals surface area (Å²) in [6.07, 6.45) is 4.91. The van der Waals surface area contributed by atoms with Crippen LogP contribution in [0.1, 0.15) is 18.3 Å². The molecule has 0 bridgehead atoms. The van der Waals surface area contributed by atoms with E-state index in [4.69, 9.17) is 11.1 Å². The number of aromatic nitrogens is 3. The average molecular weight is 256 g/mol. The van der Waals surface area contributed by atoms with Gasteiger partial charge in [-0.1, -0.05) is 6.07 Å². The summed E-state index contributed by atoms with van der Waals surface area (Å²) in [7, 11) is 0. The highest BCUT2D eigenvalue weighted by molar-refractivity contribution is 5.92. The van der Waals surface area contributed by atoms with Crippen molar-refractivity contribution in [3.63, 3.8) is 0 Å². The van der Waals surface area contributed by atoms with Crippen molar-refractivity contribution in [3.05, 3.63) is 48.2 Å². The van der Waals surface area contributed by atoms with Gasteiger partial charge in [0.15, 0.2) is 0 Å². The molecule has 0 fully saturated rings. The Kier molecular flexibility index (Phi) is 4.02. The molecule has 2 heterocycles. The summed E-state index contributed by atoms with van der Waals surface area (Å²) in [6, 6.07) is 5.82. The van der Waals surface area contributed by atoms with E-state index in [1.165, 1.54) is 6.20 Å². The zero-order valence-corrected chi connectivity index (χ0v) is 10.7. The van der Waals surface area contributed by atoms with Gasteiger partial charge in [-0.05, 0) is 19.1 Å². The maximum Gasteiger partial charge on any atom is 0.147 e. The number of amidine groups is 1. The molecule has 0 radical (unpaired) electrons. The van der Waals surface area contributed by atoms with Crippen molar-refractivity contribution in [2.45, 2.75) is 13.5 Å². The Labute approximate surface area is 111 Å². The smallest absolute Gasteiger partial charge is 0.147 e. The molecule has 2 aromatic rings. The van der Waals surface area contributed by atoms with E-state index in [-0.39, 0.29) is 5.84 Å². The first-order chi connectivity index (χ1) is 9.20. The molecule has 0 aliphatic rings. The molecule has 19 heavy (non-hydrogen) atoms. The predicted molar refractivity (Wildman–Crippen MR) is 74.0 cm³/mol. The van der Waals surface area contributed by atoms with Gasteiger partial charge in [-0.15, -0.1) is 0 Å². The average Bonchev–Trinajstić information content (AvgIpc) is 2.46. The maximum atomic E-state index is 7.29. The molecule has 0 aliphatic heterocycles. The number of nitrogens with one attached hydrogen (secondary N) is 1. The topological polar surface area (TPSA) is 91.8 Å². The second-order valence-electron chi connectivity index (χ2n) is 4.01. The Hall–Kier alpha value is -2.50. The summed E-state index contributed by atoms with van der Waals surface area (Å²) in [5.41, 5.74) is 6.71. The zero-order chi connectivity index (χ0) is 13.7. The third kappa shape index (κ3) is 3.25. The molecule has 6 nitrogen and oxygen atoms in total. The van der Waals surface area contributed by atoms with Crippen LogP contribution in [0.5, 0.6) is 0 Å². The van der Waals surface area contributed by atoms with Crippen LogP contribution in [0.15, 0.2) is 36.8 Å². The van der Waals surface area contributed by atoms with E-state index in [1.807, 2.05) is 25.1 Å². The van der Waals surface area contributed by atoms with E-state index in [2.05, 4.69) is 19.9 Å². The molecule has 6 heteroatoms. The van der Waals surface area contributed by atoms with Crippen LogP contribution in [-0.2, 0) is 6.54 Å². The van der Waals surface area contributed by atoms with Crippen molar-refractivity contribution in [2.24, 2.45) is 5.73 Å². The van der Waals surface area contributed by atoms with Crippen LogP contribution in [0.4, 0.5) is 5.82 Å². The number of hydrogen-bond acceptors (Lipinski definition) is 5. The van der Waals surface area contributed by atoms with E-state index in [9.17, 15) is 0 Å². The molecule has 0 atom stereocenters. The van der Waals surface area contributed by atoms with E-state index >= 15 is 0 Å². The van der Waals surface area contributed by atoms with Crippen LogP contribution in [-0.4, -0.2) is 27.3 Å². The first kappa shape index (κ1) is 12.9. The molecule has 98 valence electrons. The lowest BCUT2D eigenvalue weighted by atomic mass is 10.3. The largest absolute Gasteiger partial charge is 0.382 e. The van der Waals surface area contributed by atoms with Gasteiger partial charge in [0.05, 0.1) is 24.6 Å². The molecule has 2 rings (SSSR count). The van der Waals surface area contributed by atoms with Crippen molar-refractivity contribution < 1.29 is 0 Å². The van der Waals surface area contributed by atoms with Gasteiger partial charge in [-0.2, -0.15) is 0 Å². The maximum absolute atomic E-state index is 7.29. The third-order valence-corrected chi connectivity index (χ3v) is 2.70. The van der Waals surface area contributed by atoms with Crippen molar-refractivity contribution in [1.29, 1.82) is 5.41 Å². The molecular weight excluding hydrogens is 240 g/mol. The fourth-order valence-electron chi connectivity index (χ4n) is 1.67. The monoisotopic (exact) mass is 256 g/mol. The van der Waals surface area contributed by atoms with Crippen LogP contribution >= 0.6 is 0 Å². The molecule has 0 saturated carbocycles. The lowest BCUT2D eigenvalue weighted by Crippen LogP contribution is -2.24. The van der Waals surface area contributed by atoms with Crippen LogP contribution in [0, 0.1) is 5.41 Å². The van der Waals surface area contributed by atoms with Gasteiger partial charge in [-0.3, -0.25) is 10.4 Å². The summed E-state index contributed by atoms with van der Waals surface area (Å²) >= 11 is 0. The van der Waals surface area contributed by atoms with E-state index < -0.39 is 0 Å². The lowest BCUT2D eigenvalue weighted by molar-refractivity contribution is 0.789. The van der Waals surface area contributed by atoms with E-state index in [1.54, 1.807) is 12.4 Å². The standard InChI is InChI=1S/C13H16N6/c1-2-19(9-10-5-3-4-6-16-10)12-8-17-11(7-18-12)13(14)15/h3-8H,2,9H2,1H3,(H3,14,15). The summed E-state index contributed by atoms with van der Waals surface area (Å²) in [5.74, 6) is 0.671. The predicted octanol–water partition coefficient (Wildman–Crippen LogP) is 1.18. The Morgan fingerprint density at radius 3 is 2.63 bits per heavy atom.